The molecule has 0 saturated carbocycles. The van der Waals surface area contributed by atoms with Crippen molar-refractivity contribution in [1.29, 1.82) is 0 Å². The van der Waals surface area contributed by atoms with Crippen LogP contribution in [0, 0.1) is 5.41 Å². The molecule has 1 aromatic carbocycles. The van der Waals surface area contributed by atoms with Gasteiger partial charge >= 0.3 is 65.1 Å². The van der Waals surface area contributed by atoms with Gasteiger partial charge in [0.05, 0.1) is 71.4 Å². The van der Waals surface area contributed by atoms with Crippen LogP contribution in [0.1, 0.15) is 91.0 Å². The Bertz CT molecular complexity index is 2270. The van der Waals surface area contributed by atoms with Crippen LogP contribution in [0.15, 0.2) is 69.3 Å². The van der Waals surface area contributed by atoms with E-state index in [-0.39, 0.29) is 116 Å². The molecule has 0 bridgehead atoms. The summed E-state index contributed by atoms with van der Waals surface area (Å²) in [6.07, 6.45) is 11.5. The maximum Gasteiger partial charge on any atom is 1.00 e. The number of hydrogen-bond donors (Lipinski definition) is 0. The summed E-state index contributed by atoms with van der Waals surface area (Å²) in [5, 5.41) is 18.7. The first-order valence-corrected chi connectivity index (χ1v) is 24.9. The van der Waals surface area contributed by atoms with Gasteiger partial charge in [0.15, 0.2) is 5.71 Å². The number of unbranched alkanes of at least 4 members (excludes halogenated alkanes) is 2. The van der Waals surface area contributed by atoms with E-state index in [0.29, 0.717) is 71.6 Å². The van der Waals surface area contributed by atoms with E-state index < -0.39 is 57.6 Å². The summed E-state index contributed by atoms with van der Waals surface area (Å²) in [7, 11) is -7.82. The Hall–Kier alpha value is -1.79. The van der Waals surface area contributed by atoms with Gasteiger partial charge in [-0.1, -0.05) is 18.2 Å². The number of rotatable bonds is 25. The standard InChI is InChI=1S/C41H63N5O12S3.2Na/c1-8-58-39(48)22-24-40(3)32(2)43-45(27-16-30-60(52,53)54)37(40)18-12-9-11-17-36-41(4,23-15-29-59(49,50)51)34-31-33(61(55,56)57)20-21-35(34)44(36)26-14-10-13-19-38(47)42-25-28-46(5,6)7;;/h9,11-12,17-18,20-21,31H,8,10,13-16,19,22-30H2,1-7H3,(H2-2,42,47,49,50,51,52,53,54,55,56,57);;/q;2*+1/p-2. The average molecular weight is 958 g/mol. The molecule has 2 atom stereocenters. The molecule has 63 heavy (non-hydrogen) atoms. The van der Waals surface area contributed by atoms with Crippen LogP contribution in [-0.2, 0) is 45.3 Å². The van der Waals surface area contributed by atoms with E-state index in [1.807, 2.05) is 32.6 Å². The second kappa shape index (κ2) is 25.4. The van der Waals surface area contributed by atoms with E-state index in [4.69, 9.17) is 4.74 Å². The van der Waals surface area contributed by atoms with Crippen molar-refractivity contribution in [2.45, 2.75) is 95.8 Å². The SMILES string of the molecule is CCOC(=O)CCC1(C)C(C)=NN(CCCS(=O)(=O)[O-])/C1=C/C=C/C=C/C1=[N+](CCCCCC([O-])=NCC[N+](C)(C)C)c2ccc(S(=O)(=O)[O-])cc2C1(C)CCCS(=O)(=O)[O-].[Na+].[Na+]. The third-order valence-corrected chi connectivity index (χ3v) is 13.4. The molecule has 3 rings (SSSR count). The molecular formula is C41H61N5Na2O12S3. The van der Waals surface area contributed by atoms with E-state index >= 15 is 0 Å². The number of quaternary nitrogens is 1. The van der Waals surface area contributed by atoms with Crippen LogP contribution in [0.2, 0.25) is 0 Å². The largest absolute Gasteiger partial charge is 1.00 e. The molecule has 17 nitrogen and oxygen atoms in total. The van der Waals surface area contributed by atoms with Crippen LogP contribution in [0.5, 0.6) is 0 Å². The summed E-state index contributed by atoms with van der Waals surface area (Å²) in [5.74, 6) is -1.77. The molecule has 0 saturated heterocycles. The predicted octanol–water partition coefficient (Wildman–Crippen LogP) is -2.72. The third kappa shape index (κ3) is 18.8. The van der Waals surface area contributed by atoms with E-state index in [1.165, 1.54) is 12.1 Å². The van der Waals surface area contributed by atoms with Crippen molar-refractivity contribution in [1.82, 2.24) is 5.01 Å². The Morgan fingerprint density at radius 2 is 1.54 bits per heavy atom. The zero-order chi connectivity index (χ0) is 45.9. The summed E-state index contributed by atoms with van der Waals surface area (Å²) < 4.78 is 113. The molecule has 1 aromatic rings. The first-order chi connectivity index (χ1) is 28.2. The number of fused-ring (bicyclic) bond motifs is 1. The third-order valence-electron chi connectivity index (χ3n) is 10.9. The first kappa shape index (κ1) is 59.2. The number of carbonyl (C=O) groups is 1. The zero-order valence-electron chi connectivity index (χ0n) is 38.3. The van der Waals surface area contributed by atoms with Gasteiger partial charge < -0.3 is 28.0 Å². The Labute approximate surface area is 419 Å². The molecule has 0 amide bonds. The number of likely N-dealkylation sites (N-methyl/N-ethyl adjacent to an activating group) is 1. The summed E-state index contributed by atoms with van der Waals surface area (Å²) >= 11 is 0. The minimum absolute atomic E-state index is 0. The second-order valence-corrected chi connectivity index (χ2v) is 21.3. The molecule has 22 heteroatoms. The minimum atomic E-state index is -4.86. The van der Waals surface area contributed by atoms with Crippen LogP contribution in [0.3, 0.4) is 0 Å². The minimum Gasteiger partial charge on any atom is -0.862 e. The van der Waals surface area contributed by atoms with Crippen molar-refractivity contribution >= 4 is 59.3 Å². The van der Waals surface area contributed by atoms with Gasteiger partial charge in [-0.15, -0.1) is 0 Å². The van der Waals surface area contributed by atoms with Crippen LogP contribution < -0.4 is 64.2 Å². The van der Waals surface area contributed by atoms with Gasteiger partial charge in [0.1, 0.15) is 16.7 Å². The number of aliphatic imine (C=N–C) groups is 1. The molecule has 2 aliphatic rings. The quantitative estimate of drug-likeness (QED) is 0.0111. The number of esters is 1. The van der Waals surface area contributed by atoms with Gasteiger partial charge in [-0.2, -0.15) is 9.68 Å². The topological polar surface area (TPSA) is 252 Å². The molecule has 0 spiro atoms. The molecule has 0 aromatic heterocycles. The maximum absolute atomic E-state index is 12.4. The number of nitrogens with zero attached hydrogens (tertiary/aromatic N) is 5. The van der Waals surface area contributed by atoms with Crippen LogP contribution >= 0.6 is 0 Å². The fourth-order valence-corrected chi connectivity index (χ4v) is 8.95. The normalized spacial score (nSPS) is 20.3. The second-order valence-electron chi connectivity index (χ2n) is 16.8. The van der Waals surface area contributed by atoms with E-state index in [0.717, 1.165) is 6.54 Å². The zero-order valence-corrected chi connectivity index (χ0v) is 44.7. The number of ether oxygens (including phenoxy) is 1. The Balaban J connectivity index is 0.00000992. The number of carbonyl (C=O) groups excluding carboxylic acids is 1. The molecular weight excluding hydrogens is 897 g/mol. The molecule has 2 aliphatic heterocycles. The Morgan fingerprint density at radius 3 is 2.14 bits per heavy atom. The van der Waals surface area contributed by atoms with Gasteiger partial charge in [-0.3, -0.25) is 14.8 Å². The molecule has 0 radical (unpaired) electrons. The molecule has 0 aliphatic carbocycles. The van der Waals surface area contributed by atoms with Crippen molar-refractivity contribution in [3.8, 4) is 0 Å². The summed E-state index contributed by atoms with van der Waals surface area (Å²) in [5.41, 5.74) is 1.33. The van der Waals surface area contributed by atoms with Gasteiger partial charge in [0, 0.05) is 65.4 Å². The Morgan fingerprint density at radius 1 is 0.889 bits per heavy atom. The first-order valence-electron chi connectivity index (χ1n) is 20.4. The fraction of sp³-hybridized carbons (Fsp3) is 0.610. The summed E-state index contributed by atoms with van der Waals surface area (Å²) in [6, 6.07) is 4.08. The summed E-state index contributed by atoms with van der Waals surface area (Å²) in [4.78, 5) is 16.1. The van der Waals surface area contributed by atoms with Crippen molar-refractivity contribution in [2.75, 3.05) is 65.4 Å². The molecule has 0 N–H and O–H groups in total. The fourth-order valence-electron chi connectivity index (χ4n) is 7.47. The van der Waals surface area contributed by atoms with E-state index in [9.17, 15) is 48.8 Å². The molecule has 0 fully saturated rings. The van der Waals surface area contributed by atoms with Crippen molar-refractivity contribution < 1.29 is 122 Å². The van der Waals surface area contributed by atoms with E-state index in [2.05, 4.69) is 10.1 Å². The molecule has 2 unspecified atom stereocenters. The Kier molecular flexibility index (Phi) is 23.9. The smallest absolute Gasteiger partial charge is 0.862 e. The number of hydrazone groups is 1. The van der Waals surface area contributed by atoms with Gasteiger partial charge in [0.25, 0.3) is 0 Å². The predicted molar refractivity (Wildman–Crippen MR) is 228 cm³/mol. The van der Waals surface area contributed by atoms with Gasteiger partial charge in [0.2, 0.25) is 5.69 Å². The monoisotopic (exact) mass is 957 g/mol. The van der Waals surface area contributed by atoms with Crippen LogP contribution in [0.4, 0.5) is 5.69 Å². The molecule has 342 valence electrons. The number of hydrogen-bond acceptors (Lipinski definition) is 15. The number of allylic oxidation sites excluding steroid dienone is 6. The molecule has 2 heterocycles. The van der Waals surface area contributed by atoms with Gasteiger partial charge in [-0.25, -0.2) is 25.3 Å². The van der Waals surface area contributed by atoms with Crippen LogP contribution in [-0.4, -0.2) is 142 Å². The van der Waals surface area contributed by atoms with Crippen LogP contribution in [0.25, 0.3) is 0 Å². The van der Waals surface area contributed by atoms with Crippen molar-refractivity contribution in [3.05, 3.63) is 59.8 Å². The maximum atomic E-state index is 12.4. The van der Waals surface area contributed by atoms with Gasteiger partial charge in [-0.05, 0) is 96.7 Å². The van der Waals surface area contributed by atoms with E-state index in [1.54, 1.807) is 62.2 Å². The summed E-state index contributed by atoms with van der Waals surface area (Å²) in [6.45, 7) is 9.18. The average Bonchev–Trinajstić information content (AvgIpc) is 3.50. The van der Waals surface area contributed by atoms with Crippen molar-refractivity contribution in [3.63, 3.8) is 0 Å². The number of benzene rings is 1. The van der Waals surface area contributed by atoms with Crippen molar-refractivity contribution in [2.24, 2.45) is 15.5 Å².